The summed E-state index contributed by atoms with van der Waals surface area (Å²) in [5, 5.41) is 2.00. The normalized spacial score (nSPS) is 11.1. The Kier molecular flexibility index (Phi) is 4.33. The van der Waals surface area contributed by atoms with Gasteiger partial charge in [-0.3, -0.25) is 8.91 Å². The molecule has 5 nitrogen and oxygen atoms in total. The molecule has 0 radical (unpaired) electrons. The molecule has 2 aromatic heterocycles. The summed E-state index contributed by atoms with van der Waals surface area (Å²) in [5.74, 6) is 0.919. The van der Waals surface area contributed by atoms with Crippen LogP contribution in [0, 0.1) is 0 Å². The number of nitrogens with zero attached hydrogens (tertiary/aromatic N) is 4. The van der Waals surface area contributed by atoms with Crippen molar-refractivity contribution in [3.63, 3.8) is 0 Å². The van der Waals surface area contributed by atoms with E-state index in [1.54, 1.807) is 0 Å². The minimum Gasteiger partial charge on any atom is -0.368 e. The van der Waals surface area contributed by atoms with Crippen LogP contribution in [0.5, 0.6) is 0 Å². The Morgan fingerprint density at radius 1 is 0.759 bits per heavy atom. The van der Waals surface area contributed by atoms with Gasteiger partial charge >= 0.3 is 0 Å². The van der Waals surface area contributed by atoms with Crippen LogP contribution in [0.3, 0.4) is 0 Å². The van der Waals surface area contributed by atoms with Crippen molar-refractivity contribution in [2.24, 2.45) is 0 Å². The number of nitrogen functional groups attached to an aromatic ring is 1. The molecule has 140 valence electrons. The van der Waals surface area contributed by atoms with Crippen LogP contribution in [0.4, 0.5) is 17.5 Å². The molecule has 3 aromatic carbocycles. The summed E-state index contributed by atoms with van der Waals surface area (Å²) in [7, 11) is 0. The van der Waals surface area contributed by atoms with Gasteiger partial charge in [0.25, 0.3) is 0 Å². The molecule has 5 aromatic rings. The summed E-state index contributed by atoms with van der Waals surface area (Å²) in [6.07, 6.45) is 1.89. The van der Waals surface area contributed by atoms with E-state index >= 15 is 0 Å². The summed E-state index contributed by atoms with van der Waals surface area (Å²) < 4.78 is 1.84. The van der Waals surface area contributed by atoms with Crippen molar-refractivity contribution in [2.45, 2.75) is 0 Å². The van der Waals surface area contributed by atoms with E-state index in [0.717, 1.165) is 38.6 Å². The number of halogens is 1. The number of hydrogen-bond donors (Lipinski definition) is 1. The molecule has 0 fully saturated rings. The van der Waals surface area contributed by atoms with Crippen LogP contribution >= 0.6 is 16.1 Å². The number of pyridine rings is 1. The zero-order valence-electron chi connectivity index (χ0n) is 15.3. The van der Waals surface area contributed by atoms with Gasteiger partial charge in [0.05, 0.1) is 32.9 Å². The summed E-state index contributed by atoms with van der Waals surface area (Å²) >= 11 is 3.64. The highest BCUT2D eigenvalue weighted by molar-refractivity contribution is 9.10. The maximum absolute atomic E-state index is 5.97. The Balaban J connectivity index is 1.68. The first kappa shape index (κ1) is 17.6. The summed E-state index contributed by atoms with van der Waals surface area (Å²) in [6.45, 7) is 0. The van der Waals surface area contributed by atoms with Crippen LogP contribution in [-0.4, -0.2) is 15.0 Å². The smallest absolute Gasteiger partial charge is 0.222 e. The maximum Gasteiger partial charge on any atom is 0.222 e. The van der Waals surface area contributed by atoms with Crippen molar-refractivity contribution in [1.82, 2.24) is 15.0 Å². The number of rotatable bonds is 3. The zero-order chi connectivity index (χ0) is 19.8. The predicted octanol–water partition coefficient (Wildman–Crippen LogP) is 5.88. The molecule has 0 aliphatic heterocycles. The van der Waals surface area contributed by atoms with E-state index in [-0.39, 0.29) is 5.95 Å². The lowest BCUT2D eigenvalue weighted by atomic mass is 10.0. The Morgan fingerprint density at radius 3 is 2.41 bits per heavy atom. The Hall–Kier alpha value is -3.51. The molecule has 0 aliphatic carbocycles. The fourth-order valence-corrected chi connectivity index (χ4v) is 3.88. The number of fused-ring (bicyclic) bond motifs is 2. The van der Waals surface area contributed by atoms with E-state index in [1.807, 2.05) is 70.8 Å². The van der Waals surface area contributed by atoms with E-state index in [9.17, 15) is 0 Å². The van der Waals surface area contributed by atoms with Gasteiger partial charge in [-0.25, -0.2) is 4.98 Å². The molecule has 0 amide bonds. The molecular weight excluding hydrogens is 426 g/mol. The number of para-hydroxylation sites is 2. The molecule has 0 bridgehead atoms. The highest BCUT2D eigenvalue weighted by atomic mass is 79.9. The number of benzene rings is 3. The van der Waals surface area contributed by atoms with Gasteiger partial charge in [-0.15, -0.1) is 0 Å². The monoisotopic (exact) mass is 441 g/mol. The largest absolute Gasteiger partial charge is 0.368 e. The summed E-state index contributed by atoms with van der Waals surface area (Å²) in [5.41, 5.74) is 10.8. The SMILES string of the molecule is Nc1nc(N(Br)c2ccccc2)c2cc(-c3cnc4ccccc4c3)ccc2n1. The second-order valence-electron chi connectivity index (χ2n) is 6.67. The van der Waals surface area contributed by atoms with Gasteiger partial charge in [0.15, 0.2) is 5.82 Å². The van der Waals surface area contributed by atoms with Crippen molar-refractivity contribution < 1.29 is 0 Å². The average molecular weight is 442 g/mol. The van der Waals surface area contributed by atoms with E-state index in [2.05, 4.69) is 49.3 Å². The second kappa shape index (κ2) is 7.14. The van der Waals surface area contributed by atoms with Gasteiger partial charge in [0.2, 0.25) is 5.95 Å². The fourth-order valence-electron chi connectivity index (χ4n) is 3.37. The van der Waals surface area contributed by atoms with Gasteiger partial charge in [0.1, 0.15) is 0 Å². The summed E-state index contributed by atoms with van der Waals surface area (Å²) in [4.78, 5) is 13.5. The van der Waals surface area contributed by atoms with Crippen LogP contribution in [-0.2, 0) is 0 Å². The standard InChI is InChI=1S/C23H16BrN5/c24-29(18-7-2-1-3-8-18)22-19-13-15(10-11-21(19)27-23(25)28-22)17-12-16-6-4-5-9-20(16)26-14-17/h1-14H,(H2,25,27,28). The third-order valence-corrected chi connectivity index (χ3v) is 5.53. The molecule has 6 heteroatoms. The minimum atomic E-state index is 0.230. The topological polar surface area (TPSA) is 67.9 Å². The lowest BCUT2D eigenvalue weighted by Gasteiger charge is -2.18. The van der Waals surface area contributed by atoms with Crippen LogP contribution in [0.15, 0.2) is 85.1 Å². The molecule has 2 N–H and O–H groups in total. The number of hydrogen-bond acceptors (Lipinski definition) is 5. The molecule has 0 spiro atoms. The van der Waals surface area contributed by atoms with E-state index in [1.165, 1.54) is 0 Å². The zero-order valence-corrected chi connectivity index (χ0v) is 16.9. The molecular formula is C23H16BrN5. The van der Waals surface area contributed by atoms with Crippen LogP contribution in [0.2, 0.25) is 0 Å². The molecule has 0 unspecified atom stereocenters. The van der Waals surface area contributed by atoms with Gasteiger partial charge in [0, 0.05) is 22.5 Å². The van der Waals surface area contributed by atoms with Gasteiger partial charge in [-0.05, 0) is 42.0 Å². The summed E-state index contributed by atoms with van der Waals surface area (Å²) in [6, 6.07) is 26.2. The van der Waals surface area contributed by atoms with Gasteiger partial charge in [-0.2, -0.15) is 4.98 Å². The lowest BCUT2D eigenvalue weighted by Crippen LogP contribution is -2.07. The number of aromatic nitrogens is 3. The second-order valence-corrected chi connectivity index (χ2v) is 7.38. The molecule has 0 aliphatic rings. The van der Waals surface area contributed by atoms with Crippen molar-refractivity contribution in [3.8, 4) is 11.1 Å². The Labute approximate surface area is 176 Å². The van der Waals surface area contributed by atoms with Crippen LogP contribution < -0.4 is 9.66 Å². The van der Waals surface area contributed by atoms with E-state index in [0.29, 0.717) is 5.82 Å². The minimum absolute atomic E-state index is 0.230. The highest BCUT2D eigenvalue weighted by Crippen LogP contribution is 2.35. The van der Waals surface area contributed by atoms with E-state index < -0.39 is 0 Å². The van der Waals surface area contributed by atoms with Crippen molar-refractivity contribution >= 4 is 55.4 Å². The first-order chi connectivity index (χ1) is 14.2. The fraction of sp³-hybridized carbons (Fsp3) is 0. The lowest BCUT2D eigenvalue weighted by molar-refractivity contribution is 1.21. The van der Waals surface area contributed by atoms with E-state index in [4.69, 9.17) is 5.73 Å². The van der Waals surface area contributed by atoms with Gasteiger partial charge in [-0.1, -0.05) is 42.5 Å². The predicted molar refractivity (Wildman–Crippen MR) is 122 cm³/mol. The maximum atomic E-state index is 5.97. The van der Waals surface area contributed by atoms with Crippen molar-refractivity contribution in [3.05, 3.63) is 85.1 Å². The van der Waals surface area contributed by atoms with Crippen molar-refractivity contribution in [2.75, 3.05) is 9.66 Å². The third kappa shape index (κ3) is 3.28. The average Bonchev–Trinajstić information content (AvgIpc) is 2.78. The van der Waals surface area contributed by atoms with Crippen molar-refractivity contribution in [1.29, 1.82) is 0 Å². The van der Waals surface area contributed by atoms with Crippen LogP contribution in [0.1, 0.15) is 0 Å². The molecule has 29 heavy (non-hydrogen) atoms. The third-order valence-electron chi connectivity index (χ3n) is 4.79. The van der Waals surface area contributed by atoms with Gasteiger partial charge < -0.3 is 5.73 Å². The quantitative estimate of drug-likeness (QED) is 0.354. The Bertz CT molecular complexity index is 1340. The van der Waals surface area contributed by atoms with Crippen LogP contribution in [0.25, 0.3) is 32.9 Å². The molecule has 0 atom stereocenters. The highest BCUT2D eigenvalue weighted by Gasteiger charge is 2.15. The Morgan fingerprint density at radius 2 is 1.55 bits per heavy atom. The molecule has 0 saturated heterocycles. The number of anilines is 3. The molecule has 2 heterocycles. The molecule has 0 saturated carbocycles. The first-order valence-electron chi connectivity index (χ1n) is 9.12. The number of nitrogens with two attached hydrogens (primary N) is 1. The first-order valence-corrected chi connectivity index (χ1v) is 9.83. The molecule has 5 rings (SSSR count).